The molecule has 0 saturated heterocycles. The van der Waals surface area contributed by atoms with Crippen LogP contribution in [0, 0.1) is 0 Å². The van der Waals surface area contributed by atoms with E-state index in [1.165, 1.54) is 12.1 Å². The van der Waals surface area contributed by atoms with E-state index in [0.717, 1.165) is 5.56 Å². The monoisotopic (exact) mass is 387 g/mol. The van der Waals surface area contributed by atoms with Crippen LogP contribution in [0.4, 0.5) is 5.69 Å². The van der Waals surface area contributed by atoms with Gasteiger partial charge in [-0.3, -0.25) is 14.4 Å². The molecule has 6 nitrogen and oxygen atoms in total. The van der Waals surface area contributed by atoms with Gasteiger partial charge in [0, 0.05) is 23.2 Å². The van der Waals surface area contributed by atoms with Gasteiger partial charge in [0.05, 0.1) is 0 Å². The number of nitrogens with one attached hydrogen (secondary N) is 2. The van der Waals surface area contributed by atoms with Crippen LogP contribution in [0.5, 0.6) is 0 Å². The highest BCUT2D eigenvalue weighted by Gasteiger charge is 2.22. The first-order chi connectivity index (χ1) is 14.0. The van der Waals surface area contributed by atoms with Gasteiger partial charge in [0.25, 0.3) is 5.91 Å². The number of hydrogen-bond acceptors (Lipinski definition) is 3. The van der Waals surface area contributed by atoms with Crippen LogP contribution >= 0.6 is 0 Å². The number of benzene rings is 3. The zero-order valence-corrected chi connectivity index (χ0v) is 15.7. The zero-order valence-electron chi connectivity index (χ0n) is 15.7. The average Bonchev–Trinajstić information content (AvgIpc) is 2.75. The lowest BCUT2D eigenvalue weighted by Gasteiger charge is -2.19. The second-order valence-electron chi connectivity index (χ2n) is 6.51. The second kappa shape index (κ2) is 9.32. The van der Waals surface area contributed by atoms with Crippen molar-refractivity contribution in [1.29, 1.82) is 0 Å². The predicted octanol–water partition coefficient (Wildman–Crippen LogP) is 2.77. The number of primary amides is 1. The molecule has 0 saturated carbocycles. The minimum Gasteiger partial charge on any atom is -0.366 e. The number of carbonyl (C=O) groups is 3. The minimum absolute atomic E-state index is 0.328. The third-order valence-electron chi connectivity index (χ3n) is 4.38. The summed E-state index contributed by atoms with van der Waals surface area (Å²) >= 11 is 0. The summed E-state index contributed by atoms with van der Waals surface area (Å²) in [5.41, 5.74) is 7.49. The Bertz CT molecular complexity index is 987. The Balaban J connectivity index is 1.76. The molecule has 6 heteroatoms. The van der Waals surface area contributed by atoms with Crippen LogP contribution in [-0.2, 0) is 11.2 Å². The van der Waals surface area contributed by atoms with E-state index >= 15 is 0 Å². The molecule has 0 bridgehead atoms. The van der Waals surface area contributed by atoms with Crippen LogP contribution in [0.3, 0.4) is 0 Å². The van der Waals surface area contributed by atoms with E-state index in [-0.39, 0.29) is 11.8 Å². The Morgan fingerprint density at radius 3 is 1.93 bits per heavy atom. The first-order valence-electron chi connectivity index (χ1n) is 9.13. The van der Waals surface area contributed by atoms with Crippen molar-refractivity contribution in [1.82, 2.24) is 5.32 Å². The Hall–Kier alpha value is -3.93. The molecule has 146 valence electrons. The molecule has 0 fully saturated rings. The molecule has 0 radical (unpaired) electrons. The van der Waals surface area contributed by atoms with E-state index in [9.17, 15) is 14.4 Å². The predicted molar refractivity (Wildman–Crippen MR) is 111 cm³/mol. The highest BCUT2D eigenvalue weighted by Crippen LogP contribution is 2.12. The number of amides is 3. The zero-order chi connectivity index (χ0) is 20.6. The number of hydrogen-bond donors (Lipinski definition) is 3. The van der Waals surface area contributed by atoms with Crippen molar-refractivity contribution >= 4 is 23.4 Å². The van der Waals surface area contributed by atoms with Crippen LogP contribution in [0.25, 0.3) is 0 Å². The van der Waals surface area contributed by atoms with Crippen LogP contribution in [-0.4, -0.2) is 23.8 Å². The lowest BCUT2D eigenvalue weighted by atomic mass is 10.0. The molecular weight excluding hydrogens is 366 g/mol. The van der Waals surface area contributed by atoms with Gasteiger partial charge in [0.1, 0.15) is 6.04 Å². The molecule has 0 unspecified atom stereocenters. The first-order valence-corrected chi connectivity index (χ1v) is 9.13. The van der Waals surface area contributed by atoms with E-state index < -0.39 is 11.9 Å². The summed E-state index contributed by atoms with van der Waals surface area (Å²) in [6.07, 6.45) is 0.338. The van der Waals surface area contributed by atoms with Crippen molar-refractivity contribution in [3.05, 3.63) is 102 Å². The summed E-state index contributed by atoms with van der Waals surface area (Å²) in [4.78, 5) is 36.7. The Morgan fingerprint density at radius 2 is 1.34 bits per heavy atom. The number of anilines is 1. The summed E-state index contributed by atoms with van der Waals surface area (Å²) in [5.74, 6) is -1.23. The van der Waals surface area contributed by atoms with Crippen LogP contribution in [0.2, 0.25) is 0 Å². The lowest BCUT2D eigenvalue weighted by Crippen LogP contribution is -2.45. The van der Waals surface area contributed by atoms with Crippen molar-refractivity contribution < 1.29 is 14.4 Å². The van der Waals surface area contributed by atoms with Crippen molar-refractivity contribution in [2.24, 2.45) is 5.73 Å². The maximum Gasteiger partial charge on any atom is 0.251 e. The fraction of sp³-hybridized carbons (Fsp3) is 0.0870. The molecule has 3 aromatic rings. The summed E-state index contributed by atoms with van der Waals surface area (Å²) in [7, 11) is 0. The van der Waals surface area contributed by atoms with Gasteiger partial charge in [0.15, 0.2) is 0 Å². The number of nitrogens with two attached hydrogens (primary N) is 1. The summed E-state index contributed by atoms with van der Waals surface area (Å²) in [6.45, 7) is 0. The minimum atomic E-state index is -0.777. The van der Waals surface area contributed by atoms with Crippen molar-refractivity contribution in [3.8, 4) is 0 Å². The maximum atomic E-state index is 12.9. The molecule has 0 aromatic heterocycles. The average molecular weight is 387 g/mol. The van der Waals surface area contributed by atoms with Gasteiger partial charge in [-0.15, -0.1) is 0 Å². The van der Waals surface area contributed by atoms with Crippen LogP contribution in [0.1, 0.15) is 26.3 Å². The van der Waals surface area contributed by atoms with E-state index in [0.29, 0.717) is 23.2 Å². The van der Waals surface area contributed by atoms with Gasteiger partial charge < -0.3 is 16.4 Å². The van der Waals surface area contributed by atoms with Gasteiger partial charge in [-0.2, -0.15) is 0 Å². The molecule has 29 heavy (non-hydrogen) atoms. The molecule has 0 heterocycles. The molecule has 0 spiro atoms. The van der Waals surface area contributed by atoms with Crippen molar-refractivity contribution in [2.45, 2.75) is 12.5 Å². The highest BCUT2D eigenvalue weighted by molar-refractivity contribution is 6.01. The third kappa shape index (κ3) is 5.52. The number of rotatable bonds is 7. The largest absolute Gasteiger partial charge is 0.366 e. The summed E-state index contributed by atoms with van der Waals surface area (Å²) < 4.78 is 0. The van der Waals surface area contributed by atoms with Gasteiger partial charge in [0.2, 0.25) is 11.8 Å². The summed E-state index contributed by atoms with van der Waals surface area (Å²) in [6, 6.07) is 23.7. The third-order valence-corrected chi connectivity index (χ3v) is 4.38. The lowest BCUT2D eigenvalue weighted by molar-refractivity contribution is -0.118. The molecule has 4 N–H and O–H groups in total. The molecule has 3 aromatic carbocycles. The number of carbonyl (C=O) groups excluding carboxylic acids is 3. The SMILES string of the molecule is NC(=O)c1ccc(NC(=O)[C@@H](Cc2ccccc2)NC(=O)c2ccccc2)cc1. The van der Waals surface area contributed by atoms with Crippen LogP contribution in [0.15, 0.2) is 84.9 Å². The van der Waals surface area contributed by atoms with E-state index in [2.05, 4.69) is 10.6 Å². The molecule has 3 amide bonds. The molecular formula is C23H21N3O3. The molecule has 0 aliphatic rings. The van der Waals surface area contributed by atoms with E-state index in [1.54, 1.807) is 36.4 Å². The fourth-order valence-corrected chi connectivity index (χ4v) is 2.84. The summed E-state index contributed by atoms with van der Waals surface area (Å²) in [5, 5.41) is 5.59. The Kier molecular flexibility index (Phi) is 6.37. The van der Waals surface area contributed by atoms with E-state index in [4.69, 9.17) is 5.73 Å². The van der Waals surface area contributed by atoms with Gasteiger partial charge in [-0.25, -0.2) is 0 Å². The highest BCUT2D eigenvalue weighted by atomic mass is 16.2. The Labute approximate surface area is 168 Å². The topological polar surface area (TPSA) is 101 Å². The molecule has 0 aliphatic heterocycles. The van der Waals surface area contributed by atoms with Crippen LogP contribution < -0.4 is 16.4 Å². The van der Waals surface area contributed by atoms with Crippen molar-refractivity contribution in [2.75, 3.05) is 5.32 Å². The maximum absolute atomic E-state index is 12.9. The molecule has 3 rings (SSSR count). The van der Waals surface area contributed by atoms with Crippen molar-refractivity contribution in [3.63, 3.8) is 0 Å². The van der Waals surface area contributed by atoms with E-state index in [1.807, 2.05) is 36.4 Å². The quantitative estimate of drug-likeness (QED) is 0.581. The Morgan fingerprint density at radius 1 is 0.759 bits per heavy atom. The molecule has 0 aliphatic carbocycles. The second-order valence-corrected chi connectivity index (χ2v) is 6.51. The standard InChI is InChI=1S/C23H21N3O3/c24-21(27)17-11-13-19(14-12-17)25-23(29)20(15-16-7-3-1-4-8-16)26-22(28)18-9-5-2-6-10-18/h1-14,20H,15H2,(H2,24,27)(H,25,29)(H,26,28)/t20-/m1/s1. The van der Waals surface area contributed by atoms with Gasteiger partial charge >= 0.3 is 0 Å². The van der Waals surface area contributed by atoms with Gasteiger partial charge in [-0.05, 0) is 42.0 Å². The first kappa shape index (κ1) is 19.8. The molecule has 1 atom stereocenters. The smallest absolute Gasteiger partial charge is 0.251 e. The fourth-order valence-electron chi connectivity index (χ4n) is 2.84. The van der Waals surface area contributed by atoms with Gasteiger partial charge in [-0.1, -0.05) is 48.5 Å². The normalized spacial score (nSPS) is 11.3.